The molecule has 2 rings (SSSR count). The van der Waals surface area contributed by atoms with Gasteiger partial charge in [-0.1, -0.05) is 0 Å². The molecule has 3 heteroatoms. The summed E-state index contributed by atoms with van der Waals surface area (Å²) in [5.41, 5.74) is 1.15. The minimum absolute atomic E-state index is 0.625. The highest BCUT2D eigenvalue weighted by atomic mass is 14.9. The van der Waals surface area contributed by atoms with E-state index in [9.17, 15) is 0 Å². The van der Waals surface area contributed by atoms with Gasteiger partial charge in [0.05, 0.1) is 5.69 Å². The first kappa shape index (κ1) is 7.68. The minimum atomic E-state index is 0.625. The molecule has 2 heterocycles. The molecule has 0 aromatic carbocycles. The van der Waals surface area contributed by atoms with E-state index in [2.05, 4.69) is 15.3 Å². The summed E-state index contributed by atoms with van der Waals surface area (Å²) in [7, 11) is 0. The zero-order valence-electron chi connectivity index (χ0n) is 7.03. The Bertz CT molecular complexity index is 229. The highest BCUT2D eigenvalue weighted by Gasteiger charge is 2.15. The van der Waals surface area contributed by atoms with Crippen molar-refractivity contribution in [2.45, 2.75) is 18.8 Å². The first-order chi connectivity index (χ1) is 5.97. The fourth-order valence-electron chi connectivity index (χ4n) is 1.64. The lowest BCUT2D eigenvalue weighted by Gasteiger charge is -2.21. The van der Waals surface area contributed by atoms with Crippen molar-refractivity contribution in [3.05, 3.63) is 24.3 Å². The van der Waals surface area contributed by atoms with Crippen LogP contribution in [0.3, 0.4) is 0 Å². The number of hydrogen-bond donors (Lipinski definition) is 1. The van der Waals surface area contributed by atoms with Gasteiger partial charge in [0.25, 0.3) is 0 Å². The molecule has 1 aliphatic heterocycles. The minimum Gasteiger partial charge on any atom is -0.317 e. The van der Waals surface area contributed by atoms with E-state index in [1.807, 2.05) is 6.20 Å². The molecule has 0 amide bonds. The van der Waals surface area contributed by atoms with Gasteiger partial charge < -0.3 is 5.32 Å². The van der Waals surface area contributed by atoms with Gasteiger partial charge in [-0.05, 0) is 25.9 Å². The number of nitrogens with one attached hydrogen (secondary N) is 1. The Kier molecular flexibility index (Phi) is 2.32. The van der Waals surface area contributed by atoms with Crippen molar-refractivity contribution < 1.29 is 0 Å². The van der Waals surface area contributed by atoms with E-state index in [4.69, 9.17) is 0 Å². The summed E-state index contributed by atoms with van der Waals surface area (Å²) in [4.78, 5) is 8.39. The smallest absolute Gasteiger partial charge is 0.0618 e. The molecule has 1 fully saturated rings. The number of hydrogen-bond acceptors (Lipinski definition) is 3. The van der Waals surface area contributed by atoms with Crippen LogP contribution in [0, 0.1) is 0 Å². The molecule has 1 aliphatic rings. The van der Waals surface area contributed by atoms with E-state index in [0.29, 0.717) is 5.92 Å². The molecule has 1 N–H and O–H groups in total. The molecule has 1 saturated heterocycles. The van der Waals surface area contributed by atoms with Crippen LogP contribution in [-0.4, -0.2) is 23.1 Å². The average molecular weight is 163 g/mol. The van der Waals surface area contributed by atoms with Crippen LogP contribution in [0.15, 0.2) is 18.6 Å². The molecule has 1 aromatic rings. The Morgan fingerprint density at radius 1 is 1.25 bits per heavy atom. The summed E-state index contributed by atoms with van der Waals surface area (Å²) in [6, 6.07) is 0. The standard InChI is InChI=1S/C9H13N3/c1-3-10-4-2-8(1)9-7-11-5-6-12-9/h5-8,10H,1-4H2. The fraction of sp³-hybridized carbons (Fsp3) is 0.556. The van der Waals surface area contributed by atoms with Crippen molar-refractivity contribution in [2.24, 2.45) is 0 Å². The molecule has 64 valence electrons. The van der Waals surface area contributed by atoms with Gasteiger partial charge in [-0.15, -0.1) is 0 Å². The van der Waals surface area contributed by atoms with Crippen molar-refractivity contribution in [2.75, 3.05) is 13.1 Å². The van der Waals surface area contributed by atoms with Gasteiger partial charge in [0.15, 0.2) is 0 Å². The van der Waals surface area contributed by atoms with Crippen LogP contribution in [0.4, 0.5) is 0 Å². The van der Waals surface area contributed by atoms with Crippen LogP contribution in [-0.2, 0) is 0 Å². The first-order valence-corrected chi connectivity index (χ1v) is 4.43. The summed E-state index contributed by atoms with van der Waals surface area (Å²) in [5, 5.41) is 3.34. The maximum absolute atomic E-state index is 4.31. The summed E-state index contributed by atoms with van der Waals surface area (Å²) in [6.07, 6.45) is 7.77. The second kappa shape index (κ2) is 3.63. The summed E-state index contributed by atoms with van der Waals surface area (Å²) < 4.78 is 0. The predicted molar refractivity (Wildman–Crippen MR) is 46.9 cm³/mol. The van der Waals surface area contributed by atoms with E-state index < -0.39 is 0 Å². The van der Waals surface area contributed by atoms with Crippen LogP contribution in [0.5, 0.6) is 0 Å². The second-order valence-corrected chi connectivity index (χ2v) is 3.15. The van der Waals surface area contributed by atoms with Gasteiger partial charge in [-0.2, -0.15) is 0 Å². The van der Waals surface area contributed by atoms with Crippen molar-refractivity contribution in [3.63, 3.8) is 0 Å². The molecule has 12 heavy (non-hydrogen) atoms. The van der Waals surface area contributed by atoms with E-state index >= 15 is 0 Å². The van der Waals surface area contributed by atoms with Crippen molar-refractivity contribution in [1.82, 2.24) is 15.3 Å². The normalized spacial score (nSPS) is 19.3. The zero-order chi connectivity index (χ0) is 8.23. The summed E-state index contributed by atoms with van der Waals surface area (Å²) in [6.45, 7) is 2.22. The van der Waals surface area contributed by atoms with Crippen LogP contribution in [0.1, 0.15) is 24.5 Å². The first-order valence-electron chi connectivity index (χ1n) is 4.43. The predicted octanol–water partition coefficient (Wildman–Crippen LogP) is 0.944. The Morgan fingerprint density at radius 2 is 2.08 bits per heavy atom. The average Bonchev–Trinajstić information content (AvgIpc) is 2.21. The van der Waals surface area contributed by atoms with Crippen LogP contribution in [0.2, 0.25) is 0 Å². The molecule has 0 atom stereocenters. The highest BCUT2D eigenvalue weighted by Crippen LogP contribution is 2.21. The van der Waals surface area contributed by atoms with E-state index in [-0.39, 0.29) is 0 Å². The molecule has 0 bridgehead atoms. The quantitative estimate of drug-likeness (QED) is 0.669. The third-order valence-electron chi connectivity index (χ3n) is 2.34. The molecular weight excluding hydrogens is 150 g/mol. The van der Waals surface area contributed by atoms with Gasteiger partial charge in [0.1, 0.15) is 0 Å². The zero-order valence-corrected chi connectivity index (χ0v) is 7.03. The second-order valence-electron chi connectivity index (χ2n) is 3.15. The van der Waals surface area contributed by atoms with Crippen LogP contribution in [0.25, 0.3) is 0 Å². The van der Waals surface area contributed by atoms with Crippen molar-refractivity contribution >= 4 is 0 Å². The Labute approximate surface area is 72.2 Å². The largest absolute Gasteiger partial charge is 0.317 e. The molecule has 3 nitrogen and oxygen atoms in total. The lowest BCUT2D eigenvalue weighted by atomic mass is 9.95. The van der Waals surface area contributed by atoms with Crippen molar-refractivity contribution in [3.8, 4) is 0 Å². The van der Waals surface area contributed by atoms with E-state index in [1.54, 1.807) is 12.4 Å². The van der Waals surface area contributed by atoms with E-state index in [1.165, 1.54) is 12.8 Å². The van der Waals surface area contributed by atoms with Crippen LogP contribution >= 0.6 is 0 Å². The number of rotatable bonds is 1. The Morgan fingerprint density at radius 3 is 2.75 bits per heavy atom. The SMILES string of the molecule is c1cnc(C2CCNCC2)cn1. The van der Waals surface area contributed by atoms with Gasteiger partial charge in [0, 0.05) is 24.5 Å². The molecule has 0 radical (unpaired) electrons. The summed E-state index contributed by atoms with van der Waals surface area (Å²) in [5.74, 6) is 0.625. The van der Waals surface area contributed by atoms with Gasteiger partial charge >= 0.3 is 0 Å². The molecular formula is C9H13N3. The van der Waals surface area contributed by atoms with Gasteiger partial charge in [-0.25, -0.2) is 0 Å². The molecule has 0 unspecified atom stereocenters. The Balaban J connectivity index is 2.08. The van der Waals surface area contributed by atoms with Gasteiger partial charge in [0.2, 0.25) is 0 Å². The molecule has 0 aliphatic carbocycles. The van der Waals surface area contributed by atoms with Crippen LogP contribution < -0.4 is 5.32 Å². The lowest BCUT2D eigenvalue weighted by Crippen LogP contribution is -2.27. The third-order valence-corrected chi connectivity index (χ3v) is 2.34. The van der Waals surface area contributed by atoms with Crippen molar-refractivity contribution in [1.29, 1.82) is 0 Å². The van der Waals surface area contributed by atoms with Gasteiger partial charge in [-0.3, -0.25) is 9.97 Å². The molecule has 0 spiro atoms. The summed E-state index contributed by atoms with van der Waals surface area (Å²) >= 11 is 0. The molecule has 1 aromatic heterocycles. The highest BCUT2D eigenvalue weighted by molar-refractivity contribution is 5.04. The fourth-order valence-corrected chi connectivity index (χ4v) is 1.64. The number of aromatic nitrogens is 2. The topological polar surface area (TPSA) is 37.8 Å². The maximum Gasteiger partial charge on any atom is 0.0618 e. The monoisotopic (exact) mass is 163 g/mol. The molecule has 0 saturated carbocycles. The Hall–Kier alpha value is -0.960. The maximum atomic E-state index is 4.31. The van der Waals surface area contributed by atoms with E-state index in [0.717, 1.165) is 18.8 Å². The number of nitrogens with zero attached hydrogens (tertiary/aromatic N) is 2. The number of piperidine rings is 1. The third kappa shape index (κ3) is 1.61. The lowest BCUT2D eigenvalue weighted by molar-refractivity contribution is 0.452.